The lowest BCUT2D eigenvalue weighted by Crippen LogP contribution is -2.41. The average molecular weight is 509 g/mol. The summed E-state index contributed by atoms with van der Waals surface area (Å²) in [5.74, 6) is 0.596. The fraction of sp³-hybridized carbons (Fsp3) is 0.250. The van der Waals surface area contributed by atoms with Gasteiger partial charge in [-0.25, -0.2) is 0 Å². The lowest BCUT2D eigenvalue weighted by Gasteiger charge is -2.30. The van der Waals surface area contributed by atoms with E-state index in [4.69, 9.17) is 9.47 Å². The number of hydrogen-bond donors (Lipinski definition) is 0. The van der Waals surface area contributed by atoms with Crippen LogP contribution in [0.1, 0.15) is 21.5 Å². The van der Waals surface area contributed by atoms with Gasteiger partial charge in [0, 0.05) is 36.3 Å². The van der Waals surface area contributed by atoms with Crippen LogP contribution in [-0.2, 0) is 9.53 Å². The van der Waals surface area contributed by atoms with Gasteiger partial charge < -0.3 is 14.4 Å². The quantitative estimate of drug-likeness (QED) is 0.437. The van der Waals surface area contributed by atoms with E-state index < -0.39 is 0 Å². The van der Waals surface area contributed by atoms with Crippen LogP contribution >= 0.6 is 0 Å². The number of hydrogen-bond acceptors (Lipinski definition) is 5. The second-order valence-corrected chi connectivity index (χ2v) is 9.48. The van der Waals surface area contributed by atoms with E-state index in [0.717, 1.165) is 49.7 Å². The number of benzene rings is 3. The third kappa shape index (κ3) is 6.65. The molecule has 0 radical (unpaired) electrons. The zero-order valence-corrected chi connectivity index (χ0v) is 21.4. The first-order valence-corrected chi connectivity index (χ1v) is 13.0. The minimum absolute atomic E-state index is 0.0224. The first-order chi connectivity index (χ1) is 18.7. The summed E-state index contributed by atoms with van der Waals surface area (Å²) in [5.41, 5.74) is 3.63. The monoisotopic (exact) mass is 508 g/mol. The topological polar surface area (TPSA) is 59.1 Å². The Morgan fingerprint density at radius 2 is 1.34 bits per heavy atom. The molecule has 5 rings (SSSR count). The summed E-state index contributed by atoms with van der Waals surface area (Å²) < 4.78 is 11.3. The molecule has 0 N–H and O–H groups in total. The van der Waals surface area contributed by atoms with Gasteiger partial charge in [-0.1, -0.05) is 60.7 Å². The van der Waals surface area contributed by atoms with Crippen LogP contribution < -0.4 is 4.74 Å². The Hall–Kier alpha value is -4.00. The number of carbonyl (C=O) groups excluding carboxylic acids is 2. The summed E-state index contributed by atoms with van der Waals surface area (Å²) >= 11 is 0. The fourth-order valence-electron chi connectivity index (χ4n) is 4.68. The van der Waals surface area contributed by atoms with Crippen molar-refractivity contribution in [1.29, 1.82) is 0 Å². The van der Waals surface area contributed by atoms with Gasteiger partial charge in [-0.2, -0.15) is 0 Å². The predicted octanol–water partition coefficient (Wildman–Crippen LogP) is 4.59. The predicted molar refractivity (Wildman–Crippen MR) is 149 cm³/mol. The molecule has 38 heavy (non-hydrogen) atoms. The number of likely N-dealkylation sites (tertiary alicyclic amines) is 1. The summed E-state index contributed by atoms with van der Waals surface area (Å²) in [5, 5.41) is 0. The summed E-state index contributed by atoms with van der Waals surface area (Å²) in [7, 11) is 0. The van der Waals surface area contributed by atoms with Crippen LogP contribution in [0.25, 0.3) is 12.2 Å². The van der Waals surface area contributed by atoms with E-state index in [1.54, 1.807) is 17.0 Å². The van der Waals surface area contributed by atoms with E-state index in [9.17, 15) is 9.59 Å². The van der Waals surface area contributed by atoms with Crippen molar-refractivity contribution in [3.05, 3.63) is 113 Å². The molecule has 0 unspecified atom stereocenters. The standard InChI is InChI=1S/C32H32N2O4/c35-31-28(21-25-7-3-1-4-8-25)23-34(24-29(31)22-26-9-5-2-6-10-26)32(36)27-11-13-30(14-12-27)38-20-17-33-15-18-37-19-16-33/h1-14,21-22H,15-20,23-24H2/b28-21+,29-22+. The molecule has 2 fully saturated rings. The summed E-state index contributed by atoms with van der Waals surface area (Å²) in [6.07, 6.45) is 3.76. The summed E-state index contributed by atoms with van der Waals surface area (Å²) in [6.45, 7) is 5.34. The van der Waals surface area contributed by atoms with Gasteiger partial charge in [-0.05, 0) is 47.5 Å². The molecule has 2 aliphatic rings. The minimum Gasteiger partial charge on any atom is -0.492 e. The number of carbonyl (C=O) groups is 2. The first kappa shape index (κ1) is 25.6. The number of rotatable bonds is 7. The Kier molecular flexibility index (Phi) is 8.43. The molecule has 194 valence electrons. The van der Waals surface area contributed by atoms with Crippen molar-refractivity contribution in [2.45, 2.75) is 0 Å². The second kappa shape index (κ2) is 12.5. The molecule has 0 atom stereocenters. The number of Topliss-reactive ketones (excluding diaryl/α,β-unsaturated/α-hetero) is 1. The first-order valence-electron chi connectivity index (χ1n) is 13.0. The maximum absolute atomic E-state index is 13.5. The highest BCUT2D eigenvalue weighted by Crippen LogP contribution is 2.24. The van der Waals surface area contributed by atoms with Gasteiger partial charge in [-0.15, -0.1) is 0 Å². The number of amides is 1. The van der Waals surface area contributed by atoms with Crippen molar-refractivity contribution in [2.75, 3.05) is 52.5 Å². The van der Waals surface area contributed by atoms with Crippen LogP contribution in [-0.4, -0.2) is 74.0 Å². The van der Waals surface area contributed by atoms with E-state index >= 15 is 0 Å². The molecule has 0 bridgehead atoms. The van der Waals surface area contributed by atoms with Crippen LogP contribution in [0.5, 0.6) is 5.75 Å². The molecular formula is C32H32N2O4. The van der Waals surface area contributed by atoms with Crippen LogP contribution in [0.3, 0.4) is 0 Å². The van der Waals surface area contributed by atoms with E-state index in [-0.39, 0.29) is 24.8 Å². The van der Waals surface area contributed by atoms with Gasteiger partial charge in [0.15, 0.2) is 5.78 Å². The van der Waals surface area contributed by atoms with Gasteiger partial charge in [0.25, 0.3) is 5.91 Å². The third-order valence-electron chi connectivity index (χ3n) is 6.76. The van der Waals surface area contributed by atoms with Crippen molar-refractivity contribution < 1.29 is 19.1 Å². The van der Waals surface area contributed by atoms with Gasteiger partial charge in [0.1, 0.15) is 12.4 Å². The van der Waals surface area contributed by atoms with Crippen LogP contribution in [0.2, 0.25) is 0 Å². The van der Waals surface area contributed by atoms with Crippen molar-refractivity contribution in [1.82, 2.24) is 9.80 Å². The molecule has 0 spiro atoms. The maximum atomic E-state index is 13.5. The van der Waals surface area contributed by atoms with Crippen LogP contribution in [0.15, 0.2) is 96.1 Å². The van der Waals surface area contributed by atoms with Gasteiger partial charge in [-0.3, -0.25) is 14.5 Å². The Balaban J connectivity index is 1.31. The van der Waals surface area contributed by atoms with Crippen molar-refractivity contribution in [3.63, 3.8) is 0 Å². The van der Waals surface area contributed by atoms with Crippen LogP contribution in [0.4, 0.5) is 0 Å². The maximum Gasteiger partial charge on any atom is 0.254 e. The summed E-state index contributed by atoms with van der Waals surface area (Å²) in [6, 6.07) is 26.7. The molecule has 0 aliphatic carbocycles. The van der Waals surface area contributed by atoms with Crippen molar-refractivity contribution in [3.8, 4) is 5.75 Å². The van der Waals surface area contributed by atoms with Crippen molar-refractivity contribution >= 4 is 23.8 Å². The molecule has 6 heteroatoms. The zero-order valence-electron chi connectivity index (χ0n) is 21.4. The second-order valence-electron chi connectivity index (χ2n) is 9.48. The van der Waals surface area contributed by atoms with Gasteiger partial charge >= 0.3 is 0 Å². The zero-order chi connectivity index (χ0) is 26.2. The lowest BCUT2D eigenvalue weighted by atomic mass is 9.93. The molecular weight excluding hydrogens is 476 g/mol. The lowest BCUT2D eigenvalue weighted by molar-refractivity contribution is -0.113. The molecule has 0 aromatic heterocycles. The molecule has 3 aromatic rings. The Labute approximate surface area is 223 Å². The van der Waals surface area contributed by atoms with Crippen LogP contribution in [0, 0.1) is 0 Å². The third-order valence-corrected chi connectivity index (χ3v) is 6.76. The van der Waals surface area contributed by atoms with E-state index in [2.05, 4.69) is 4.90 Å². The summed E-state index contributed by atoms with van der Waals surface area (Å²) in [4.78, 5) is 31.0. The highest BCUT2D eigenvalue weighted by Gasteiger charge is 2.29. The SMILES string of the molecule is O=C1/C(=C/c2ccccc2)CN(C(=O)c2ccc(OCCN3CCOCC3)cc2)C/C1=C\c1ccccc1. The highest BCUT2D eigenvalue weighted by molar-refractivity contribution is 6.15. The van der Waals surface area contributed by atoms with E-state index in [0.29, 0.717) is 23.3 Å². The molecule has 2 heterocycles. The van der Waals surface area contributed by atoms with E-state index in [1.165, 1.54) is 0 Å². The largest absolute Gasteiger partial charge is 0.492 e. The fourth-order valence-corrected chi connectivity index (χ4v) is 4.68. The Bertz CT molecular complexity index is 1230. The molecule has 0 saturated carbocycles. The van der Waals surface area contributed by atoms with E-state index in [1.807, 2.05) is 84.9 Å². The van der Waals surface area contributed by atoms with Crippen molar-refractivity contribution in [2.24, 2.45) is 0 Å². The highest BCUT2D eigenvalue weighted by atomic mass is 16.5. The molecule has 2 aliphatic heterocycles. The van der Waals surface area contributed by atoms with Gasteiger partial charge in [0.05, 0.1) is 26.3 Å². The van der Waals surface area contributed by atoms with Gasteiger partial charge in [0.2, 0.25) is 0 Å². The minimum atomic E-state index is -0.115. The Morgan fingerprint density at radius 1 is 0.789 bits per heavy atom. The number of ether oxygens (including phenoxy) is 2. The normalized spacial score (nSPS) is 18.6. The number of nitrogens with zero attached hydrogens (tertiary/aromatic N) is 2. The number of ketones is 1. The number of morpholine rings is 1. The molecule has 2 saturated heterocycles. The Morgan fingerprint density at radius 3 is 1.89 bits per heavy atom. The smallest absolute Gasteiger partial charge is 0.254 e. The molecule has 3 aromatic carbocycles. The average Bonchev–Trinajstić information content (AvgIpc) is 2.97. The molecule has 6 nitrogen and oxygen atoms in total. The number of piperidine rings is 1. The molecule has 1 amide bonds.